The molecule has 3 nitrogen and oxygen atoms in total. The van der Waals surface area contributed by atoms with Crippen LogP contribution in [0, 0.1) is 0 Å². The van der Waals surface area contributed by atoms with E-state index in [1.165, 1.54) is 0 Å². The van der Waals surface area contributed by atoms with Crippen molar-refractivity contribution < 1.29 is 4.74 Å². The van der Waals surface area contributed by atoms with Crippen LogP contribution in [0.25, 0.3) is 16.9 Å². The third kappa shape index (κ3) is 2.81. The van der Waals surface area contributed by atoms with Crippen molar-refractivity contribution >= 4 is 11.8 Å². The minimum atomic E-state index is 0.853. The monoisotopic (exact) mass is 296 g/mol. The fraction of sp³-hybridized carbons (Fsp3) is 0.118. The van der Waals surface area contributed by atoms with Crippen LogP contribution in [0.2, 0.25) is 0 Å². The summed E-state index contributed by atoms with van der Waals surface area (Å²) < 4.78 is 7.17. The number of hydrogen-bond donors (Lipinski definition) is 0. The topological polar surface area (TPSA) is 27.1 Å². The van der Waals surface area contributed by atoms with E-state index in [2.05, 4.69) is 24.5 Å². The summed E-state index contributed by atoms with van der Waals surface area (Å²) in [6, 6.07) is 20.2. The van der Waals surface area contributed by atoms with Crippen molar-refractivity contribution in [2.75, 3.05) is 13.4 Å². The number of thioether (sulfide) groups is 1. The third-order valence-corrected chi connectivity index (χ3v) is 3.98. The standard InChI is InChI=1S/C17H16N2OS/c1-20-15-10-8-13(9-11-15)16-12-17(21-2)19(18-16)14-6-4-3-5-7-14/h3-12H,1-2H3. The lowest BCUT2D eigenvalue weighted by Crippen LogP contribution is -1.97. The van der Waals surface area contributed by atoms with Gasteiger partial charge in [-0.3, -0.25) is 0 Å². The van der Waals surface area contributed by atoms with Gasteiger partial charge in [-0.15, -0.1) is 11.8 Å². The van der Waals surface area contributed by atoms with Gasteiger partial charge in [0.1, 0.15) is 10.8 Å². The zero-order valence-electron chi connectivity index (χ0n) is 12.0. The van der Waals surface area contributed by atoms with E-state index in [9.17, 15) is 0 Å². The molecule has 2 aromatic carbocycles. The van der Waals surface area contributed by atoms with Crippen LogP contribution in [-0.2, 0) is 0 Å². The summed E-state index contributed by atoms with van der Waals surface area (Å²) in [6.07, 6.45) is 2.06. The Morgan fingerprint density at radius 3 is 2.33 bits per heavy atom. The molecule has 1 heterocycles. The molecular weight excluding hydrogens is 280 g/mol. The SMILES string of the molecule is COc1ccc(-c2cc(SC)n(-c3ccccc3)n2)cc1. The number of rotatable bonds is 4. The van der Waals surface area contributed by atoms with E-state index in [1.54, 1.807) is 18.9 Å². The number of benzene rings is 2. The molecule has 0 N–H and O–H groups in total. The number of aromatic nitrogens is 2. The van der Waals surface area contributed by atoms with Gasteiger partial charge in [0.15, 0.2) is 0 Å². The first-order valence-corrected chi connectivity index (χ1v) is 7.88. The molecule has 0 aliphatic rings. The first kappa shape index (κ1) is 13.8. The van der Waals surface area contributed by atoms with Crippen LogP contribution in [0.5, 0.6) is 5.75 Å². The second-order valence-electron chi connectivity index (χ2n) is 4.55. The average molecular weight is 296 g/mol. The van der Waals surface area contributed by atoms with E-state index >= 15 is 0 Å². The Morgan fingerprint density at radius 1 is 1.00 bits per heavy atom. The number of hydrogen-bond acceptors (Lipinski definition) is 3. The van der Waals surface area contributed by atoms with Crippen molar-refractivity contribution in [3.8, 4) is 22.7 Å². The summed E-state index contributed by atoms with van der Waals surface area (Å²) >= 11 is 1.69. The number of methoxy groups -OCH3 is 1. The van der Waals surface area contributed by atoms with Crippen LogP contribution in [0.3, 0.4) is 0 Å². The summed E-state index contributed by atoms with van der Waals surface area (Å²) in [6.45, 7) is 0. The molecule has 0 saturated carbocycles. The van der Waals surface area contributed by atoms with Crippen LogP contribution in [0.1, 0.15) is 0 Å². The molecule has 3 aromatic rings. The average Bonchev–Trinajstić information content (AvgIpc) is 3.00. The molecule has 0 fully saturated rings. The van der Waals surface area contributed by atoms with E-state index in [-0.39, 0.29) is 0 Å². The van der Waals surface area contributed by atoms with Gasteiger partial charge in [0.25, 0.3) is 0 Å². The highest BCUT2D eigenvalue weighted by atomic mass is 32.2. The zero-order chi connectivity index (χ0) is 14.7. The third-order valence-electron chi connectivity index (χ3n) is 3.27. The fourth-order valence-corrected chi connectivity index (χ4v) is 2.72. The molecule has 1 aromatic heterocycles. The van der Waals surface area contributed by atoms with Gasteiger partial charge >= 0.3 is 0 Å². The zero-order valence-corrected chi connectivity index (χ0v) is 12.8. The van der Waals surface area contributed by atoms with E-state index in [0.717, 1.165) is 27.7 Å². The van der Waals surface area contributed by atoms with Crippen LogP contribution in [-0.4, -0.2) is 23.1 Å². The smallest absolute Gasteiger partial charge is 0.118 e. The predicted molar refractivity (Wildman–Crippen MR) is 87.3 cm³/mol. The Kier molecular flexibility index (Phi) is 3.97. The second kappa shape index (κ2) is 6.06. The highest BCUT2D eigenvalue weighted by Gasteiger charge is 2.10. The van der Waals surface area contributed by atoms with Crippen molar-refractivity contribution in [1.29, 1.82) is 0 Å². The summed E-state index contributed by atoms with van der Waals surface area (Å²) in [5.74, 6) is 0.853. The molecule has 4 heteroatoms. The molecule has 0 atom stereocenters. The van der Waals surface area contributed by atoms with Crippen molar-refractivity contribution in [2.45, 2.75) is 5.03 Å². The lowest BCUT2D eigenvalue weighted by atomic mass is 10.1. The quantitative estimate of drug-likeness (QED) is 0.673. The lowest BCUT2D eigenvalue weighted by molar-refractivity contribution is 0.415. The Bertz CT molecular complexity index is 720. The summed E-state index contributed by atoms with van der Waals surface area (Å²) in [5, 5.41) is 5.85. The number of nitrogens with zero attached hydrogens (tertiary/aromatic N) is 2. The van der Waals surface area contributed by atoms with Gasteiger partial charge in [-0.05, 0) is 48.7 Å². The molecule has 0 aliphatic heterocycles. The molecule has 0 aliphatic carbocycles. The maximum atomic E-state index is 5.19. The molecule has 21 heavy (non-hydrogen) atoms. The normalized spacial score (nSPS) is 10.6. The molecule has 0 unspecified atom stereocenters. The second-order valence-corrected chi connectivity index (χ2v) is 5.37. The molecule has 106 valence electrons. The maximum Gasteiger partial charge on any atom is 0.118 e. The molecule has 0 amide bonds. The Morgan fingerprint density at radius 2 is 1.71 bits per heavy atom. The molecule has 3 rings (SSSR count). The molecule has 0 bridgehead atoms. The molecule has 0 radical (unpaired) electrons. The number of ether oxygens (including phenoxy) is 1. The fourth-order valence-electron chi connectivity index (χ4n) is 2.17. The largest absolute Gasteiger partial charge is 0.497 e. The number of para-hydroxylation sites is 1. The maximum absolute atomic E-state index is 5.19. The van der Waals surface area contributed by atoms with Crippen molar-refractivity contribution in [2.24, 2.45) is 0 Å². The minimum Gasteiger partial charge on any atom is -0.497 e. The highest BCUT2D eigenvalue weighted by Crippen LogP contribution is 2.27. The summed E-state index contributed by atoms with van der Waals surface area (Å²) in [5.41, 5.74) is 3.12. The van der Waals surface area contributed by atoms with Gasteiger partial charge in [-0.25, -0.2) is 4.68 Å². The van der Waals surface area contributed by atoms with E-state index in [0.29, 0.717) is 0 Å². The molecule has 0 saturated heterocycles. The van der Waals surface area contributed by atoms with Gasteiger partial charge in [0.05, 0.1) is 18.5 Å². The summed E-state index contributed by atoms with van der Waals surface area (Å²) in [7, 11) is 1.67. The van der Waals surface area contributed by atoms with Crippen LogP contribution in [0.4, 0.5) is 0 Å². The Balaban J connectivity index is 2.02. The first-order valence-electron chi connectivity index (χ1n) is 6.65. The first-order chi connectivity index (χ1) is 10.3. The summed E-state index contributed by atoms with van der Waals surface area (Å²) in [4.78, 5) is 0. The van der Waals surface area contributed by atoms with Crippen molar-refractivity contribution in [3.63, 3.8) is 0 Å². The van der Waals surface area contributed by atoms with Gasteiger partial charge in [0, 0.05) is 5.56 Å². The lowest BCUT2D eigenvalue weighted by Gasteiger charge is -2.04. The highest BCUT2D eigenvalue weighted by molar-refractivity contribution is 7.98. The Labute approximate surface area is 128 Å². The van der Waals surface area contributed by atoms with E-state index in [4.69, 9.17) is 9.84 Å². The van der Waals surface area contributed by atoms with E-state index in [1.807, 2.05) is 47.1 Å². The Hall–Kier alpha value is -2.20. The molecular formula is C17H16N2OS. The van der Waals surface area contributed by atoms with Gasteiger partial charge < -0.3 is 4.74 Å². The predicted octanol–water partition coefficient (Wildman–Crippen LogP) is 4.27. The van der Waals surface area contributed by atoms with Crippen LogP contribution < -0.4 is 4.74 Å². The van der Waals surface area contributed by atoms with Gasteiger partial charge in [-0.2, -0.15) is 5.10 Å². The van der Waals surface area contributed by atoms with E-state index < -0.39 is 0 Å². The van der Waals surface area contributed by atoms with Crippen molar-refractivity contribution in [3.05, 3.63) is 60.7 Å². The minimum absolute atomic E-state index is 0.853. The van der Waals surface area contributed by atoms with Gasteiger partial charge in [-0.1, -0.05) is 18.2 Å². The van der Waals surface area contributed by atoms with Crippen LogP contribution in [0.15, 0.2) is 65.7 Å². The van der Waals surface area contributed by atoms with Crippen molar-refractivity contribution in [1.82, 2.24) is 9.78 Å². The van der Waals surface area contributed by atoms with Gasteiger partial charge in [0.2, 0.25) is 0 Å². The van der Waals surface area contributed by atoms with Crippen LogP contribution >= 0.6 is 11.8 Å². The molecule has 0 spiro atoms.